The van der Waals surface area contributed by atoms with Crippen molar-refractivity contribution in [2.75, 3.05) is 0 Å². The van der Waals surface area contributed by atoms with Crippen molar-refractivity contribution in [3.8, 4) is 67.5 Å². The third-order valence-electron chi connectivity index (χ3n) is 10.6. The van der Waals surface area contributed by atoms with Gasteiger partial charge in [-0.2, -0.15) is 0 Å². The lowest BCUT2D eigenvalue weighted by atomic mass is 9.93. The lowest BCUT2D eigenvalue weighted by Crippen LogP contribution is -2.00. The van der Waals surface area contributed by atoms with Gasteiger partial charge in [-0.15, -0.1) is 11.3 Å². The number of benzene rings is 8. The highest BCUT2D eigenvalue weighted by molar-refractivity contribution is 7.26. The first-order chi connectivity index (χ1) is 27.7. The molecule has 3 heterocycles. The second-order valence-corrected chi connectivity index (χ2v) is 15.0. The van der Waals surface area contributed by atoms with Gasteiger partial charge in [0.1, 0.15) is 11.2 Å². The van der Waals surface area contributed by atoms with E-state index in [0.29, 0.717) is 17.5 Å². The lowest BCUT2D eigenvalue weighted by Gasteiger charge is -2.10. The van der Waals surface area contributed by atoms with Crippen molar-refractivity contribution in [1.82, 2.24) is 15.0 Å². The molecule has 4 nitrogen and oxygen atoms in total. The molecule has 0 N–H and O–H groups in total. The highest BCUT2D eigenvalue weighted by Crippen LogP contribution is 2.46. The maximum absolute atomic E-state index is 6.72. The monoisotopic (exact) mass is 733 g/mol. The number of furan rings is 1. The molecular formula is C51H31N3OS. The number of hydrogen-bond acceptors (Lipinski definition) is 5. The third-order valence-corrected chi connectivity index (χ3v) is 11.7. The fourth-order valence-corrected chi connectivity index (χ4v) is 9.08. The fourth-order valence-electron chi connectivity index (χ4n) is 7.91. The number of hydrogen-bond donors (Lipinski definition) is 0. The zero-order chi connectivity index (χ0) is 37.0. The summed E-state index contributed by atoms with van der Waals surface area (Å²) < 4.78 is 9.10. The van der Waals surface area contributed by atoms with Crippen LogP contribution in [0.25, 0.3) is 110 Å². The number of aromatic nitrogens is 3. The van der Waals surface area contributed by atoms with E-state index in [1.807, 2.05) is 42.5 Å². The Labute approximate surface area is 327 Å². The van der Waals surface area contributed by atoms with Crippen LogP contribution in [-0.2, 0) is 0 Å². The van der Waals surface area contributed by atoms with Crippen LogP contribution in [0.3, 0.4) is 0 Å². The molecule has 0 aliphatic heterocycles. The van der Waals surface area contributed by atoms with E-state index in [1.165, 1.54) is 31.3 Å². The summed E-state index contributed by atoms with van der Waals surface area (Å²) in [6.07, 6.45) is 0. The summed E-state index contributed by atoms with van der Waals surface area (Å²) >= 11 is 1.79. The molecule has 0 atom stereocenters. The van der Waals surface area contributed by atoms with Crippen molar-refractivity contribution >= 4 is 53.4 Å². The Hall–Kier alpha value is -7.21. The Morgan fingerprint density at radius 1 is 0.339 bits per heavy atom. The Kier molecular flexibility index (Phi) is 7.64. The topological polar surface area (TPSA) is 51.8 Å². The van der Waals surface area contributed by atoms with Crippen LogP contribution in [0.4, 0.5) is 0 Å². The predicted octanol–water partition coefficient (Wildman–Crippen LogP) is 14.1. The molecule has 0 radical (unpaired) electrons. The van der Waals surface area contributed by atoms with Crippen molar-refractivity contribution in [3.63, 3.8) is 0 Å². The summed E-state index contributed by atoms with van der Waals surface area (Å²) in [7, 11) is 0. The van der Waals surface area contributed by atoms with Crippen molar-refractivity contribution in [2.45, 2.75) is 0 Å². The molecule has 0 aliphatic rings. The van der Waals surface area contributed by atoms with Gasteiger partial charge in [0, 0.05) is 53.2 Å². The molecule has 56 heavy (non-hydrogen) atoms. The van der Waals surface area contributed by atoms with Crippen molar-refractivity contribution in [2.24, 2.45) is 0 Å². The molecule has 0 spiro atoms. The number of nitrogens with zero attached hydrogens (tertiary/aromatic N) is 3. The summed E-state index contributed by atoms with van der Waals surface area (Å²) in [5.41, 5.74) is 11.4. The molecule has 11 rings (SSSR count). The normalized spacial score (nSPS) is 11.6. The van der Waals surface area contributed by atoms with Crippen LogP contribution < -0.4 is 0 Å². The minimum atomic E-state index is 0.638. The molecule has 0 bridgehead atoms. The number of rotatable bonds is 6. The van der Waals surface area contributed by atoms with Crippen LogP contribution in [0.15, 0.2) is 192 Å². The van der Waals surface area contributed by atoms with Gasteiger partial charge in [-0.1, -0.05) is 158 Å². The standard InChI is InChI=1S/C51H31N3OS/c1-4-14-32(15-5-1)35-20-12-21-36(30-35)50-52-49(34-18-8-3-9-19-34)53-51(54-50)37-26-27-42-45(31-37)56-44-25-13-23-39(46(42)44)40-29-28-38(33-16-6-2-7-17-33)47-41-22-10-11-24-43(41)55-48(40)47/h1-31H. The molecule has 0 saturated heterocycles. The summed E-state index contributed by atoms with van der Waals surface area (Å²) in [4.78, 5) is 15.2. The van der Waals surface area contributed by atoms with Gasteiger partial charge in [-0.3, -0.25) is 0 Å². The van der Waals surface area contributed by atoms with Crippen LogP contribution in [0.1, 0.15) is 0 Å². The first-order valence-corrected chi connectivity index (χ1v) is 19.5. The van der Waals surface area contributed by atoms with E-state index in [1.54, 1.807) is 11.3 Å². The average molecular weight is 734 g/mol. The molecular weight excluding hydrogens is 703 g/mol. The number of thiophene rings is 1. The minimum absolute atomic E-state index is 0.638. The minimum Gasteiger partial charge on any atom is -0.455 e. The van der Waals surface area contributed by atoms with Gasteiger partial charge >= 0.3 is 0 Å². The van der Waals surface area contributed by atoms with E-state index in [0.717, 1.165) is 60.9 Å². The molecule has 11 aromatic rings. The first kappa shape index (κ1) is 32.2. The van der Waals surface area contributed by atoms with Crippen LogP contribution in [0, 0.1) is 0 Å². The summed E-state index contributed by atoms with van der Waals surface area (Å²) in [5, 5.41) is 4.66. The predicted molar refractivity (Wildman–Crippen MR) is 233 cm³/mol. The number of para-hydroxylation sites is 1. The van der Waals surface area contributed by atoms with Gasteiger partial charge in [0.05, 0.1) is 0 Å². The van der Waals surface area contributed by atoms with Crippen molar-refractivity contribution in [3.05, 3.63) is 188 Å². The molecule has 262 valence electrons. The lowest BCUT2D eigenvalue weighted by molar-refractivity contribution is 0.670. The second kappa shape index (κ2) is 13.3. The van der Waals surface area contributed by atoms with Gasteiger partial charge < -0.3 is 4.42 Å². The molecule has 0 saturated carbocycles. The third kappa shape index (κ3) is 5.48. The van der Waals surface area contributed by atoms with E-state index < -0.39 is 0 Å². The van der Waals surface area contributed by atoms with Gasteiger partial charge in [0.15, 0.2) is 17.5 Å². The van der Waals surface area contributed by atoms with Crippen LogP contribution in [0.2, 0.25) is 0 Å². The van der Waals surface area contributed by atoms with E-state index in [2.05, 4.69) is 146 Å². The Bertz CT molecular complexity index is 3240. The Morgan fingerprint density at radius 3 is 1.70 bits per heavy atom. The molecule has 0 fully saturated rings. The Balaban J connectivity index is 1.07. The maximum Gasteiger partial charge on any atom is 0.164 e. The van der Waals surface area contributed by atoms with E-state index >= 15 is 0 Å². The summed E-state index contributed by atoms with van der Waals surface area (Å²) in [6, 6.07) is 65.6. The van der Waals surface area contributed by atoms with Gasteiger partial charge in [0.25, 0.3) is 0 Å². The second-order valence-electron chi connectivity index (χ2n) is 13.9. The average Bonchev–Trinajstić information content (AvgIpc) is 3.86. The smallest absolute Gasteiger partial charge is 0.164 e. The molecule has 0 amide bonds. The van der Waals surface area contributed by atoms with Crippen LogP contribution >= 0.6 is 11.3 Å². The highest BCUT2D eigenvalue weighted by Gasteiger charge is 2.21. The van der Waals surface area contributed by atoms with Crippen LogP contribution in [-0.4, -0.2) is 15.0 Å². The molecule has 5 heteroatoms. The summed E-state index contributed by atoms with van der Waals surface area (Å²) in [6.45, 7) is 0. The van der Waals surface area contributed by atoms with Gasteiger partial charge in [0.2, 0.25) is 0 Å². The molecule has 0 unspecified atom stereocenters. The fraction of sp³-hybridized carbons (Fsp3) is 0. The van der Waals surface area contributed by atoms with E-state index in [4.69, 9.17) is 19.4 Å². The van der Waals surface area contributed by atoms with Gasteiger partial charge in [-0.05, 0) is 58.1 Å². The quantitative estimate of drug-likeness (QED) is 0.171. The molecule has 3 aromatic heterocycles. The van der Waals surface area contributed by atoms with E-state index in [9.17, 15) is 0 Å². The van der Waals surface area contributed by atoms with E-state index in [-0.39, 0.29) is 0 Å². The maximum atomic E-state index is 6.72. The SMILES string of the molecule is c1ccc(-c2cccc(-c3nc(-c4ccccc4)nc(-c4ccc5c(c4)sc4cccc(-c6ccc(-c7ccccc7)c7c6oc6ccccc67)c45)n3)c2)cc1. The van der Waals surface area contributed by atoms with Crippen molar-refractivity contribution in [1.29, 1.82) is 0 Å². The van der Waals surface area contributed by atoms with Crippen molar-refractivity contribution < 1.29 is 4.42 Å². The molecule has 8 aromatic carbocycles. The Morgan fingerprint density at radius 2 is 0.929 bits per heavy atom. The highest BCUT2D eigenvalue weighted by atomic mass is 32.1. The molecule has 0 aliphatic carbocycles. The largest absolute Gasteiger partial charge is 0.455 e. The van der Waals surface area contributed by atoms with Crippen LogP contribution in [0.5, 0.6) is 0 Å². The zero-order valence-corrected chi connectivity index (χ0v) is 30.9. The number of fused-ring (bicyclic) bond motifs is 6. The summed E-state index contributed by atoms with van der Waals surface area (Å²) in [5.74, 6) is 1.92. The first-order valence-electron chi connectivity index (χ1n) is 18.7. The zero-order valence-electron chi connectivity index (χ0n) is 30.1. The van der Waals surface area contributed by atoms with Gasteiger partial charge in [-0.25, -0.2) is 15.0 Å².